The maximum Gasteiger partial charge on any atom is 0.360 e. The monoisotopic (exact) mass is 343 g/mol. The van der Waals surface area contributed by atoms with Gasteiger partial charge in [0.15, 0.2) is 5.69 Å². The molecule has 0 amide bonds. The van der Waals surface area contributed by atoms with Crippen LogP contribution in [0.2, 0.25) is 5.02 Å². The van der Waals surface area contributed by atoms with Gasteiger partial charge in [-0.2, -0.15) is 0 Å². The Bertz CT molecular complexity index is 627. The largest absolute Gasteiger partial charge is 0.461 e. The third-order valence-electron chi connectivity index (χ3n) is 2.44. The van der Waals surface area contributed by atoms with E-state index in [9.17, 15) is 4.79 Å². The molecule has 0 fully saturated rings. The molecule has 19 heavy (non-hydrogen) atoms. The Hall–Kier alpha value is -1.53. The lowest BCUT2D eigenvalue weighted by molar-refractivity contribution is 0.0521. The summed E-state index contributed by atoms with van der Waals surface area (Å²) in [5.74, 6) is -0.335. The number of nitrogens with zero attached hydrogens (tertiary/aromatic N) is 2. The Labute approximate surface area is 123 Å². The van der Waals surface area contributed by atoms with E-state index in [1.54, 1.807) is 29.7 Å². The molecule has 2 rings (SSSR count). The number of nitrogens with two attached hydrogens (primary N) is 1. The third-order valence-corrected chi connectivity index (χ3v) is 3.35. The molecule has 2 aromatic rings. The predicted molar refractivity (Wildman–Crippen MR) is 76.6 cm³/mol. The number of hydrogen-bond acceptors (Lipinski definition) is 4. The van der Waals surface area contributed by atoms with Crippen LogP contribution in [0.5, 0.6) is 0 Å². The van der Waals surface area contributed by atoms with Gasteiger partial charge in [0.05, 0.1) is 12.3 Å². The highest BCUT2D eigenvalue weighted by molar-refractivity contribution is 9.10. The third kappa shape index (κ3) is 2.74. The molecule has 0 spiro atoms. The van der Waals surface area contributed by atoms with Crippen molar-refractivity contribution in [3.63, 3.8) is 0 Å². The number of halogens is 2. The molecule has 0 saturated carbocycles. The van der Waals surface area contributed by atoms with Crippen LogP contribution in [0.25, 0.3) is 5.69 Å². The van der Waals surface area contributed by atoms with E-state index in [1.165, 1.54) is 6.33 Å². The van der Waals surface area contributed by atoms with Crippen LogP contribution in [0.15, 0.2) is 29.0 Å². The first-order valence-electron chi connectivity index (χ1n) is 5.50. The topological polar surface area (TPSA) is 70.1 Å². The minimum atomic E-state index is -0.545. The van der Waals surface area contributed by atoms with Crippen LogP contribution >= 0.6 is 27.5 Å². The zero-order chi connectivity index (χ0) is 14.0. The minimum absolute atomic E-state index is 0.0914. The lowest BCUT2D eigenvalue weighted by Gasteiger charge is -2.08. The van der Waals surface area contributed by atoms with Crippen LogP contribution in [0.1, 0.15) is 17.4 Å². The molecule has 1 aromatic heterocycles. The lowest BCUT2D eigenvalue weighted by Crippen LogP contribution is -2.09. The van der Waals surface area contributed by atoms with Crippen molar-refractivity contribution in [1.29, 1.82) is 0 Å². The second-order valence-electron chi connectivity index (χ2n) is 3.66. The van der Waals surface area contributed by atoms with Crippen LogP contribution in [0.4, 0.5) is 5.82 Å². The molecule has 0 bridgehead atoms. The first kappa shape index (κ1) is 13.9. The second kappa shape index (κ2) is 5.63. The summed E-state index contributed by atoms with van der Waals surface area (Å²) in [5.41, 5.74) is 6.71. The van der Waals surface area contributed by atoms with Crippen LogP contribution in [-0.2, 0) is 4.74 Å². The summed E-state index contributed by atoms with van der Waals surface area (Å²) in [5, 5.41) is 0.559. The average molecular weight is 345 g/mol. The molecule has 0 saturated heterocycles. The number of imidazole rings is 1. The molecule has 0 radical (unpaired) electrons. The lowest BCUT2D eigenvalue weighted by atomic mass is 10.3. The Balaban J connectivity index is 2.47. The normalized spacial score (nSPS) is 10.5. The fourth-order valence-corrected chi connectivity index (χ4v) is 2.18. The maximum atomic E-state index is 11.6. The summed E-state index contributed by atoms with van der Waals surface area (Å²) in [6.07, 6.45) is 1.46. The highest BCUT2D eigenvalue weighted by Crippen LogP contribution is 2.27. The van der Waals surface area contributed by atoms with E-state index in [0.717, 1.165) is 4.47 Å². The van der Waals surface area contributed by atoms with Crippen LogP contribution in [0.3, 0.4) is 0 Å². The summed E-state index contributed by atoms with van der Waals surface area (Å²) in [6, 6.07) is 5.26. The summed E-state index contributed by atoms with van der Waals surface area (Å²) in [7, 11) is 0. The van der Waals surface area contributed by atoms with Gasteiger partial charge >= 0.3 is 5.97 Å². The van der Waals surface area contributed by atoms with Crippen LogP contribution < -0.4 is 5.73 Å². The summed E-state index contributed by atoms with van der Waals surface area (Å²) < 4.78 is 7.24. The average Bonchev–Trinajstić information content (AvgIpc) is 2.74. The first-order valence-corrected chi connectivity index (χ1v) is 6.67. The van der Waals surface area contributed by atoms with E-state index in [4.69, 9.17) is 22.1 Å². The standard InChI is InChI=1S/C12H11BrClN3O2/c1-2-19-12(18)10-11(15)17(6-16-10)9-5-7(14)3-4-8(9)13/h3-6H,2,15H2,1H3. The highest BCUT2D eigenvalue weighted by atomic mass is 79.9. The van der Waals surface area contributed by atoms with Crippen molar-refractivity contribution in [2.24, 2.45) is 0 Å². The van der Waals surface area contributed by atoms with Gasteiger partial charge in [0, 0.05) is 9.50 Å². The number of aromatic nitrogens is 2. The first-order chi connectivity index (χ1) is 9.04. The van der Waals surface area contributed by atoms with Crippen molar-refractivity contribution in [2.75, 3.05) is 12.3 Å². The molecule has 0 unspecified atom stereocenters. The molecule has 100 valence electrons. The molecule has 7 heteroatoms. The van der Waals surface area contributed by atoms with E-state index in [0.29, 0.717) is 10.7 Å². The number of anilines is 1. The molecular formula is C12H11BrClN3O2. The number of ether oxygens (including phenoxy) is 1. The van der Waals surface area contributed by atoms with Gasteiger partial charge in [0.1, 0.15) is 12.1 Å². The molecule has 1 aromatic carbocycles. The highest BCUT2D eigenvalue weighted by Gasteiger charge is 2.18. The van der Waals surface area contributed by atoms with Gasteiger partial charge in [-0.25, -0.2) is 9.78 Å². The van der Waals surface area contributed by atoms with Gasteiger partial charge in [-0.05, 0) is 41.1 Å². The van der Waals surface area contributed by atoms with Crippen LogP contribution in [0, 0.1) is 0 Å². The van der Waals surface area contributed by atoms with Gasteiger partial charge < -0.3 is 10.5 Å². The molecular weight excluding hydrogens is 334 g/mol. The van der Waals surface area contributed by atoms with E-state index in [2.05, 4.69) is 20.9 Å². The van der Waals surface area contributed by atoms with E-state index < -0.39 is 5.97 Å². The van der Waals surface area contributed by atoms with Gasteiger partial charge in [-0.15, -0.1) is 0 Å². The molecule has 0 aliphatic heterocycles. The number of nitrogen functional groups attached to an aromatic ring is 1. The van der Waals surface area contributed by atoms with Crippen molar-refractivity contribution in [1.82, 2.24) is 9.55 Å². The second-order valence-corrected chi connectivity index (χ2v) is 4.96. The zero-order valence-corrected chi connectivity index (χ0v) is 12.4. The number of carbonyl (C=O) groups excluding carboxylic acids is 1. The number of carbonyl (C=O) groups is 1. The number of hydrogen-bond donors (Lipinski definition) is 1. The van der Waals surface area contributed by atoms with E-state index >= 15 is 0 Å². The fourth-order valence-electron chi connectivity index (χ4n) is 1.58. The van der Waals surface area contributed by atoms with Crippen molar-refractivity contribution in [2.45, 2.75) is 6.92 Å². The molecule has 0 aliphatic rings. The van der Waals surface area contributed by atoms with Gasteiger partial charge in [0.2, 0.25) is 0 Å². The van der Waals surface area contributed by atoms with Gasteiger partial charge in [-0.1, -0.05) is 11.6 Å². The van der Waals surface area contributed by atoms with Crippen molar-refractivity contribution in [3.05, 3.63) is 39.7 Å². The maximum absolute atomic E-state index is 11.6. The van der Waals surface area contributed by atoms with Crippen molar-refractivity contribution >= 4 is 39.3 Å². The summed E-state index contributed by atoms with van der Waals surface area (Å²) in [6.45, 7) is 1.99. The smallest absolute Gasteiger partial charge is 0.360 e. The van der Waals surface area contributed by atoms with E-state index in [-0.39, 0.29) is 18.1 Å². The SMILES string of the molecule is CCOC(=O)c1ncn(-c2cc(Cl)ccc2Br)c1N. The molecule has 2 N–H and O–H groups in total. The molecule has 5 nitrogen and oxygen atoms in total. The fraction of sp³-hybridized carbons (Fsp3) is 0.167. The predicted octanol–water partition coefficient (Wildman–Crippen LogP) is 3.05. The Morgan fingerprint density at radius 1 is 1.58 bits per heavy atom. The van der Waals surface area contributed by atoms with Crippen molar-refractivity contribution < 1.29 is 9.53 Å². The Morgan fingerprint density at radius 3 is 3.00 bits per heavy atom. The van der Waals surface area contributed by atoms with Crippen LogP contribution in [-0.4, -0.2) is 22.1 Å². The Morgan fingerprint density at radius 2 is 2.32 bits per heavy atom. The quantitative estimate of drug-likeness (QED) is 0.869. The number of esters is 1. The molecule has 0 aliphatic carbocycles. The minimum Gasteiger partial charge on any atom is -0.461 e. The Kier molecular flexibility index (Phi) is 4.11. The van der Waals surface area contributed by atoms with Crippen molar-refractivity contribution in [3.8, 4) is 5.69 Å². The molecule has 1 heterocycles. The summed E-state index contributed by atoms with van der Waals surface area (Å²) in [4.78, 5) is 15.6. The van der Waals surface area contributed by atoms with Gasteiger partial charge in [0.25, 0.3) is 0 Å². The number of benzene rings is 1. The van der Waals surface area contributed by atoms with Gasteiger partial charge in [-0.3, -0.25) is 4.57 Å². The zero-order valence-electron chi connectivity index (χ0n) is 10.1. The molecule has 0 atom stereocenters. The number of rotatable bonds is 3. The summed E-state index contributed by atoms with van der Waals surface area (Å²) >= 11 is 9.35. The van der Waals surface area contributed by atoms with E-state index in [1.807, 2.05) is 0 Å².